The highest BCUT2D eigenvalue weighted by molar-refractivity contribution is 5.91. The summed E-state index contributed by atoms with van der Waals surface area (Å²) < 4.78 is 4.87. The maximum absolute atomic E-state index is 11.1. The number of alkyl carbamates (subject to hydrolysis) is 1. The van der Waals surface area contributed by atoms with E-state index in [0.717, 1.165) is 5.56 Å². The zero-order valence-corrected chi connectivity index (χ0v) is 9.23. The van der Waals surface area contributed by atoms with E-state index in [-0.39, 0.29) is 12.5 Å². The summed E-state index contributed by atoms with van der Waals surface area (Å²) in [4.78, 5) is 22.2. The van der Waals surface area contributed by atoms with Gasteiger partial charge in [0.15, 0.2) is 0 Å². The normalized spacial score (nSPS) is 9.56. The van der Waals surface area contributed by atoms with Gasteiger partial charge in [-0.2, -0.15) is 0 Å². The first-order valence-electron chi connectivity index (χ1n) is 5.23. The van der Waals surface area contributed by atoms with Crippen LogP contribution in [-0.4, -0.2) is 12.0 Å². The highest BCUT2D eigenvalue weighted by Crippen LogP contribution is 2.00. The van der Waals surface area contributed by atoms with Crippen molar-refractivity contribution in [1.29, 1.82) is 0 Å². The summed E-state index contributed by atoms with van der Waals surface area (Å²) in [6, 6.07) is 9.30. The number of benzene rings is 1. The Balaban J connectivity index is 2.28. The molecule has 0 aromatic heterocycles. The van der Waals surface area contributed by atoms with Crippen molar-refractivity contribution in [3.8, 4) is 0 Å². The van der Waals surface area contributed by atoms with Gasteiger partial charge in [-0.25, -0.2) is 4.79 Å². The molecule has 0 saturated carbocycles. The minimum absolute atomic E-state index is 0.173. The predicted molar refractivity (Wildman–Crippen MR) is 59.7 cm³/mol. The highest BCUT2D eigenvalue weighted by Gasteiger charge is 2.07. The fraction of sp³-hybridized carbons (Fsp3) is 0.333. The molecule has 0 aliphatic carbocycles. The maximum Gasteiger partial charge on any atom is 0.414 e. The van der Waals surface area contributed by atoms with Gasteiger partial charge in [0, 0.05) is 6.42 Å². The van der Waals surface area contributed by atoms with Crippen LogP contribution in [0.15, 0.2) is 30.3 Å². The lowest BCUT2D eigenvalue weighted by atomic mass is 10.2. The fourth-order valence-corrected chi connectivity index (χ4v) is 1.16. The van der Waals surface area contributed by atoms with E-state index < -0.39 is 6.09 Å². The second kappa shape index (κ2) is 6.61. The standard InChI is InChI=1S/C12H15NO3/c1-2-6-11(14)13-12(15)16-9-10-7-4-3-5-8-10/h3-5,7-8H,2,6,9H2,1H3,(H,13,14,15). The number of ether oxygens (including phenoxy) is 1. The topological polar surface area (TPSA) is 55.4 Å². The molecule has 0 unspecified atom stereocenters. The summed E-state index contributed by atoms with van der Waals surface area (Å²) in [5.74, 6) is -0.305. The molecule has 1 aromatic rings. The zero-order chi connectivity index (χ0) is 11.8. The van der Waals surface area contributed by atoms with Crippen LogP contribution in [0.4, 0.5) is 4.79 Å². The third-order valence-electron chi connectivity index (χ3n) is 1.93. The Hall–Kier alpha value is -1.84. The monoisotopic (exact) mass is 221 g/mol. The Bertz CT molecular complexity index is 349. The molecule has 0 aliphatic heterocycles. The van der Waals surface area contributed by atoms with Crippen molar-refractivity contribution >= 4 is 12.0 Å². The lowest BCUT2D eigenvalue weighted by Gasteiger charge is -2.05. The number of imide groups is 1. The van der Waals surface area contributed by atoms with E-state index in [0.29, 0.717) is 12.8 Å². The van der Waals surface area contributed by atoms with Crippen molar-refractivity contribution in [2.24, 2.45) is 0 Å². The van der Waals surface area contributed by atoms with Gasteiger partial charge in [0.25, 0.3) is 0 Å². The van der Waals surface area contributed by atoms with Crippen LogP contribution in [0.1, 0.15) is 25.3 Å². The van der Waals surface area contributed by atoms with Crippen LogP contribution in [0.3, 0.4) is 0 Å². The molecule has 1 aromatic carbocycles. The number of hydrogen-bond donors (Lipinski definition) is 1. The SMILES string of the molecule is CCCC(=O)NC(=O)OCc1ccccc1. The van der Waals surface area contributed by atoms with Crippen LogP contribution < -0.4 is 5.32 Å². The lowest BCUT2D eigenvalue weighted by Crippen LogP contribution is -2.30. The van der Waals surface area contributed by atoms with E-state index in [9.17, 15) is 9.59 Å². The van der Waals surface area contributed by atoms with E-state index in [2.05, 4.69) is 5.32 Å². The Kier molecular flexibility index (Phi) is 5.05. The molecule has 1 N–H and O–H groups in total. The molecule has 2 amide bonds. The van der Waals surface area contributed by atoms with Crippen LogP contribution in [0, 0.1) is 0 Å². The van der Waals surface area contributed by atoms with Crippen molar-refractivity contribution in [1.82, 2.24) is 5.32 Å². The minimum atomic E-state index is -0.692. The summed E-state index contributed by atoms with van der Waals surface area (Å²) in [7, 11) is 0. The van der Waals surface area contributed by atoms with Crippen molar-refractivity contribution in [3.63, 3.8) is 0 Å². The second-order valence-electron chi connectivity index (χ2n) is 3.36. The van der Waals surface area contributed by atoms with Gasteiger partial charge in [0.1, 0.15) is 6.61 Å². The number of rotatable bonds is 4. The lowest BCUT2D eigenvalue weighted by molar-refractivity contribution is -0.120. The van der Waals surface area contributed by atoms with E-state index in [1.165, 1.54) is 0 Å². The maximum atomic E-state index is 11.1. The minimum Gasteiger partial charge on any atom is -0.444 e. The summed E-state index contributed by atoms with van der Waals surface area (Å²) in [5, 5.41) is 2.15. The first-order chi connectivity index (χ1) is 7.72. The van der Waals surface area contributed by atoms with E-state index in [1.54, 1.807) is 0 Å². The number of amides is 2. The summed E-state index contributed by atoms with van der Waals surface area (Å²) in [6.07, 6.45) is 0.348. The van der Waals surface area contributed by atoms with Crippen molar-refractivity contribution in [3.05, 3.63) is 35.9 Å². The largest absolute Gasteiger partial charge is 0.444 e. The summed E-state index contributed by atoms with van der Waals surface area (Å²) in [5.41, 5.74) is 0.889. The van der Waals surface area contributed by atoms with Gasteiger partial charge in [0.05, 0.1) is 0 Å². The van der Waals surface area contributed by atoms with Gasteiger partial charge < -0.3 is 4.74 Å². The second-order valence-corrected chi connectivity index (χ2v) is 3.36. The average molecular weight is 221 g/mol. The molecule has 0 fully saturated rings. The number of nitrogens with one attached hydrogen (secondary N) is 1. The fourth-order valence-electron chi connectivity index (χ4n) is 1.16. The third kappa shape index (κ3) is 4.59. The molecular weight excluding hydrogens is 206 g/mol. The highest BCUT2D eigenvalue weighted by atomic mass is 16.5. The smallest absolute Gasteiger partial charge is 0.414 e. The van der Waals surface area contributed by atoms with Crippen molar-refractivity contribution in [2.45, 2.75) is 26.4 Å². The van der Waals surface area contributed by atoms with E-state index in [1.807, 2.05) is 37.3 Å². The van der Waals surface area contributed by atoms with Crippen LogP contribution >= 0.6 is 0 Å². The molecule has 0 bridgehead atoms. The molecule has 0 atom stereocenters. The first-order valence-corrected chi connectivity index (χ1v) is 5.23. The van der Waals surface area contributed by atoms with Gasteiger partial charge >= 0.3 is 6.09 Å². The molecule has 0 spiro atoms. The Morgan fingerprint density at radius 1 is 1.25 bits per heavy atom. The first kappa shape index (κ1) is 12.2. The zero-order valence-electron chi connectivity index (χ0n) is 9.23. The van der Waals surface area contributed by atoms with Crippen molar-refractivity contribution in [2.75, 3.05) is 0 Å². The summed E-state index contributed by atoms with van der Waals surface area (Å²) in [6.45, 7) is 2.04. The van der Waals surface area contributed by atoms with Crippen molar-refractivity contribution < 1.29 is 14.3 Å². The molecule has 16 heavy (non-hydrogen) atoms. The van der Waals surface area contributed by atoms with Gasteiger partial charge in [-0.1, -0.05) is 37.3 Å². The Morgan fingerprint density at radius 3 is 2.56 bits per heavy atom. The molecule has 4 heteroatoms. The average Bonchev–Trinajstić information content (AvgIpc) is 2.28. The molecule has 0 saturated heterocycles. The molecule has 4 nitrogen and oxygen atoms in total. The van der Waals surface area contributed by atoms with Gasteiger partial charge in [-0.15, -0.1) is 0 Å². The molecular formula is C12H15NO3. The van der Waals surface area contributed by atoms with Crippen LogP contribution in [0.5, 0.6) is 0 Å². The summed E-state index contributed by atoms with van der Waals surface area (Å²) >= 11 is 0. The molecule has 86 valence electrons. The van der Waals surface area contributed by atoms with Gasteiger partial charge in [-0.3, -0.25) is 10.1 Å². The molecule has 0 aliphatic rings. The van der Waals surface area contributed by atoms with Crippen LogP contribution in [-0.2, 0) is 16.1 Å². The Morgan fingerprint density at radius 2 is 1.94 bits per heavy atom. The number of hydrogen-bond acceptors (Lipinski definition) is 3. The molecule has 1 rings (SSSR count). The third-order valence-corrected chi connectivity index (χ3v) is 1.93. The predicted octanol–water partition coefficient (Wildman–Crippen LogP) is 2.24. The van der Waals surface area contributed by atoms with Crippen LogP contribution in [0.2, 0.25) is 0 Å². The molecule has 0 heterocycles. The van der Waals surface area contributed by atoms with E-state index >= 15 is 0 Å². The van der Waals surface area contributed by atoms with Crippen LogP contribution in [0.25, 0.3) is 0 Å². The Labute approximate surface area is 94.6 Å². The molecule has 0 radical (unpaired) electrons. The van der Waals surface area contributed by atoms with E-state index in [4.69, 9.17) is 4.74 Å². The van der Waals surface area contributed by atoms with Gasteiger partial charge in [-0.05, 0) is 12.0 Å². The van der Waals surface area contributed by atoms with Gasteiger partial charge in [0.2, 0.25) is 5.91 Å². The quantitative estimate of drug-likeness (QED) is 0.848. The number of carbonyl (C=O) groups is 2. The number of carbonyl (C=O) groups excluding carboxylic acids is 2.